The quantitative estimate of drug-likeness (QED) is 0.778. The smallest absolute Gasteiger partial charge is 0.219 e. The van der Waals surface area contributed by atoms with Gasteiger partial charge in [0.2, 0.25) is 5.91 Å². The molecule has 0 unspecified atom stereocenters. The average molecular weight is 387 g/mol. The molecule has 0 radical (unpaired) electrons. The Balaban J connectivity index is 1.56. The van der Waals surface area contributed by atoms with Gasteiger partial charge in [0.1, 0.15) is 5.82 Å². The first-order chi connectivity index (χ1) is 12.9. The summed E-state index contributed by atoms with van der Waals surface area (Å²) in [6.45, 7) is 7.24. The summed E-state index contributed by atoms with van der Waals surface area (Å²) in [7, 11) is 0. The zero-order chi connectivity index (χ0) is 19.1. The zero-order valence-electron chi connectivity index (χ0n) is 15.7. The second kappa shape index (κ2) is 7.25. The molecule has 27 heavy (non-hydrogen) atoms. The van der Waals surface area contributed by atoms with E-state index in [1.807, 2.05) is 11.0 Å². The van der Waals surface area contributed by atoms with Gasteiger partial charge in [-0.2, -0.15) is 0 Å². The summed E-state index contributed by atoms with van der Waals surface area (Å²) in [6.07, 6.45) is 0. The lowest BCUT2D eigenvalue weighted by Crippen LogP contribution is -2.34. The molecule has 0 N–H and O–H groups in total. The molecule has 0 spiro atoms. The summed E-state index contributed by atoms with van der Waals surface area (Å²) in [4.78, 5) is 16.7. The Labute approximate surface area is 164 Å². The minimum absolute atomic E-state index is 0.135. The molecule has 0 saturated carbocycles. The fourth-order valence-corrected chi connectivity index (χ4v) is 5.01. The van der Waals surface area contributed by atoms with Crippen LogP contribution in [0.1, 0.15) is 29.7 Å². The summed E-state index contributed by atoms with van der Waals surface area (Å²) in [5.41, 5.74) is 3.52. The number of hydrogen-bond acceptors (Lipinski definition) is 2. The van der Waals surface area contributed by atoms with Gasteiger partial charge in [-0.05, 0) is 41.7 Å². The standard InChI is InChI=1S/C22H24ClFN2O/c1-14-5-3-4-6-18(14)22-19-13-25(11-17(19)12-26(22)15(2)27)10-16-7-8-21(24)20(23)9-16/h3-9,17,19,22H,10-13H2,1-2H3/t17-,19-,22+/m1/s1. The van der Waals surface area contributed by atoms with Crippen molar-refractivity contribution in [1.29, 1.82) is 0 Å². The van der Waals surface area contributed by atoms with Crippen molar-refractivity contribution in [3.05, 3.63) is 70.0 Å². The molecule has 2 fully saturated rings. The Hall–Kier alpha value is -1.91. The Bertz CT molecular complexity index is 871. The molecule has 0 bridgehead atoms. The second-order valence-corrected chi connectivity index (χ2v) is 8.25. The molecule has 5 heteroatoms. The second-order valence-electron chi connectivity index (χ2n) is 7.84. The Morgan fingerprint density at radius 3 is 2.67 bits per heavy atom. The van der Waals surface area contributed by atoms with Crippen molar-refractivity contribution in [2.45, 2.75) is 26.4 Å². The molecule has 2 saturated heterocycles. The number of amides is 1. The minimum Gasteiger partial charge on any atom is -0.335 e. The maximum atomic E-state index is 13.4. The van der Waals surface area contributed by atoms with E-state index in [0.717, 1.165) is 31.7 Å². The van der Waals surface area contributed by atoms with E-state index in [4.69, 9.17) is 11.6 Å². The van der Waals surface area contributed by atoms with E-state index in [0.29, 0.717) is 11.8 Å². The molecule has 1 amide bonds. The van der Waals surface area contributed by atoms with E-state index < -0.39 is 0 Å². The highest BCUT2D eigenvalue weighted by atomic mass is 35.5. The largest absolute Gasteiger partial charge is 0.335 e. The molecule has 2 aromatic carbocycles. The molecule has 3 atom stereocenters. The zero-order valence-corrected chi connectivity index (χ0v) is 16.4. The normalized spacial score (nSPS) is 25.0. The number of likely N-dealkylation sites (tertiary alicyclic amines) is 2. The van der Waals surface area contributed by atoms with Crippen molar-refractivity contribution in [3.8, 4) is 0 Å². The van der Waals surface area contributed by atoms with E-state index in [1.54, 1.807) is 19.1 Å². The lowest BCUT2D eigenvalue weighted by molar-refractivity contribution is -0.130. The van der Waals surface area contributed by atoms with Crippen molar-refractivity contribution in [2.24, 2.45) is 11.8 Å². The van der Waals surface area contributed by atoms with Crippen molar-refractivity contribution < 1.29 is 9.18 Å². The van der Waals surface area contributed by atoms with Crippen molar-refractivity contribution in [2.75, 3.05) is 19.6 Å². The van der Waals surface area contributed by atoms with E-state index in [-0.39, 0.29) is 22.8 Å². The maximum absolute atomic E-state index is 13.4. The molecule has 3 nitrogen and oxygen atoms in total. The molecule has 142 valence electrons. The van der Waals surface area contributed by atoms with Crippen LogP contribution >= 0.6 is 11.6 Å². The minimum atomic E-state index is -0.379. The van der Waals surface area contributed by atoms with Crippen LogP contribution in [0.15, 0.2) is 42.5 Å². The molecule has 4 rings (SSSR count). The van der Waals surface area contributed by atoms with Crippen LogP contribution in [-0.2, 0) is 11.3 Å². The van der Waals surface area contributed by atoms with Gasteiger partial charge in [0.05, 0.1) is 11.1 Å². The Morgan fingerprint density at radius 2 is 1.96 bits per heavy atom. The van der Waals surface area contributed by atoms with Gasteiger partial charge in [-0.15, -0.1) is 0 Å². The maximum Gasteiger partial charge on any atom is 0.219 e. The highest BCUT2D eigenvalue weighted by Crippen LogP contribution is 2.46. The Kier molecular flexibility index (Phi) is 4.95. The lowest BCUT2D eigenvalue weighted by Gasteiger charge is -2.30. The summed E-state index contributed by atoms with van der Waals surface area (Å²) < 4.78 is 13.4. The number of fused-ring (bicyclic) bond motifs is 1. The van der Waals surface area contributed by atoms with Crippen LogP contribution < -0.4 is 0 Å². The van der Waals surface area contributed by atoms with Crippen LogP contribution in [0.25, 0.3) is 0 Å². The summed E-state index contributed by atoms with van der Waals surface area (Å²) in [6, 6.07) is 13.5. The molecular weight excluding hydrogens is 363 g/mol. The molecule has 2 aromatic rings. The predicted molar refractivity (Wildman–Crippen MR) is 105 cm³/mol. The topological polar surface area (TPSA) is 23.6 Å². The van der Waals surface area contributed by atoms with Gasteiger partial charge in [-0.25, -0.2) is 4.39 Å². The molecule has 0 aromatic heterocycles. The van der Waals surface area contributed by atoms with E-state index in [1.165, 1.54) is 17.2 Å². The summed E-state index contributed by atoms with van der Waals surface area (Å²) in [5, 5.41) is 0.174. The van der Waals surface area contributed by atoms with Gasteiger partial charge in [0.15, 0.2) is 0 Å². The molecule has 0 aliphatic carbocycles. The van der Waals surface area contributed by atoms with Gasteiger partial charge < -0.3 is 4.90 Å². The van der Waals surface area contributed by atoms with E-state index in [9.17, 15) is 9.18 Å². The number of aryl methyl sites for hydroxylation is 1. The van der Waals surface area contributed by atoms with Crippen LogP contribution in [0.3, 0.4) is 0 Å². The molecular formula is C22H24ClFN2O. The van der Waals surface area contributed by atoms with E-state index in [2.05, 4.69) is 30.0 Å². The van der Waals surface area contributed by atoms with Crippen molar-refractivity contribution in [1.82, 2.24) is 9.80 Å². The Morgan fingerprint density at radius 1 is 1.19 bits per heavy atom. The van der Waals surface area contributed by atoms with Crippen molar-refractivity contribution >= 4 is 17.5 Å². The van der Waals surface area contributed by atoms with Gasteiger partial charge >= 0.3 is 0 Å². The van der Waals surface area contributed by atoms with Gasteiger partial charge in [0, 0.05) is 39.0 Å². The van der Waals surface area contributed by atoms with Gasteiger partial charge in [0.25, 0.3) is 0 Å². The predicted octanol–water partition coefficient (Wildman–Crippen LogP) is 4.44. The highest BCUT2D eigenvalue weighted by molar-refractivity contribution is 6.30. The first-order valence-electron chi connectivity index (χ1n) is 9.43. The van der Waals surface area contributed by atoms with Crippen LogP contribution in [0.5, 0.6) is 0 Å². The van der Waals surface area contributed by atoms with Crippen LogP contribution in [-0.4, -0.2) is 35.3 Å². The number of rotatable bonds is 3. The highest BCUT2D eigenvalue weighted by Gasteiger charge is 2.48. The third kappa shape index (κ3) is 3.48. The lowest BCUT2D eigenvalue weighted by atomic mass is 9.87. The number of benzene rings is 2. The number of carbonyl (C=O) groups is 1. The van der Waals surface area contributed by atoms with E-state index >= 15 is 0 Å². The number of carbonyl (C=O) groups excluding carboxylic acids is 1. The van der Waals surface area contributed by atoms with Crippen molar-refractivity contribution in [3.63, 3.8) is 0 Å². The fourth-order valence-electron chi connectivity index (χ4n) is 4.80. The summed E-state index contributed by atoms with van der Waals surface area (Å²) >= 11 is 5.93. The number of halogens is 2. The molecule has 2 aliphatic heterocycles. The van der Waals surface area contributed by atoms with Crippen LogP contribution in [0.4, 0.5) is 4.39 Å². The van der Waals surface area contributed by atoms with Crippen LogP contribution in [0, 0.1) is 24.6 Å². The third-order valence-electron chi connectivity index (χ3n) is 6.04. The fraction of sp³-hybridized carbons (Fsp3) is 0.409. The SMILES string of the molecule is CC(=O)N1C[C@H]2CN(Cc3ccc(F)c(Cl)c3)C[C@H]2[C@@H]1c1ccccc1C. The number of nitrogens with zero attached hydrogens (tertiary/aromatic N) is 2. The average Bonchev–Trinajstić information content (AvgIpc) is 3.16. The van der Waals surface area contributed by atoms with Gasteiger partial charge in [-0.1, -0.05) is 41.9 Å². The summed E-state index contributed by atoms with van der Waals surface area (Å²) in [5.74, 6) is 0.658. The van der Waals surface area contributed by atoms with Crippen LogP contribution in [0.2, 0.25) is 5.02 Å². The first-order valence-corrected chi connectivity index (χ1v) is 9.81. The molecule has 2 aliphatic rings. The first kappa shape index (κ1) is 18.5. The number of hydrogen-bond donors (Lipinski definition) is 0. The third-order valence-corrected chi connectivity index (χ3v) is 6.33. The molecule has 2 heterocycles. The monoisotopic (exact) mass is 386 g/mol. The van der Waals surface area contributed by atoms with Gasteiger partial charge in [-0.3, -0.25) is 9.69 Å².